The number of fused-ring (bicyclic) bond motifs is 1. The molecule has 1 saturated heterocycles. The predicted octanol–water partition coefficient (Wildman–Crippen LogP) is 1.72. The van der Waals surface area contributed by atoms with Gasteiger partial charge in [0.25, 0.3) is 0 Å². The number of carbonyl (C=O) groups excluding carboxylic acids is 1. The standard InChI is InChI=1S/C16H22N2O2/c1-12(19)18-7-4-15(5-8-18)17-11-13-2-3-16-14(10-13)6-9-20-16/h2-3,10,15,17H,4-9,11H2,1H3. The third kappa shape index (κ3) is 2.96. The van der Waals surface area contributed by atoms with Gasteiger partial charge in [0.1, 0.15) is 5.75 Å². The Morgan fingerprint density at radius 3 is 2.95 bits per heavy atom. The van der Waals surface area contributed by atoms with Crippen molar-refractivity contribution >= 4 is 5.91 Å². The fraction of sp³-hybridized carbons (Fsp3) is 0.562. The van der Waals surface area contributed by atoms with E-state index in [-0.39, 0.29) is 5.91 Å². The maximum atomic E-state index is 11.3. The first-order chi connectivity index (χ1) is 9.72. The van der Waals surface area contributed by atoms with Gasteiger partial charge in [0.15, 0.2) is 0 Å². The van der Waals surface area contributed by atoms with E-state index in [0.29, 0.717) is 6.04 Å². The third-order valence-corrected chi connectivity index (χ3v) is 4.29. The van der Waals surface area contributed by atoms with Crippen LogP contribution in [0.3, 0.4) is 0 Å². The van der Waals surface area contributed by atoms with Gasteiger partial charge in [-0.1, -0.05) is 12.1 Å². The monoisotopic (exact) mass is 274 g/mol. The van der Waals surface area contributed by atoms with Gasteiger partial charge >= 0.3 is 0 Å². The summed E-state index contributed by atoms with van der Waals surface area (Å²) in [5, 5.41) is 3.61. The van der Waals surface area contributed by atoms with Crippen LogP contribution >= 0.6 is 0 Å². The first-order valence-electron chi connectivity index (χ1n) is 7.46. The molecule has 2 aliphatic heterocycles. The molecule has 0 aromatic heterocycles. The average molecular weight is 274 g/mol. The lowest BCUT2D eigenvalue weighted by Gasteiger charge is -2.31. The van der Waals surface area contributed by atoms with Crippen LogP contribution < -0.4 is 10.1 Å². The van der Waals surface area contributed by atoms with Gasteiger partial charge < -0.3 is 15.0 Å². The van der Waals surface area contributed by atoms with Gasteiger partial charge in [-0.15, -0.1) is 0 Å². The van der Waals surface area contributed by atoms with Crippen LogP contribution in [0.2, 0.25) is 0 Å². The summed E-state index contributed by atoms with van der Waals surface area (Å²) >= 11 is 0. The van der Waals surface area contributed by atoms with E-state index in [1.165, 1.54) is 11.1 Å². The number of carbonyl (C=O) groups is 1. The Hall–Kier alpha value is -1.55. The summed E-state index contributed by atoms with van der Waals surface area (Å²) in [5.74, 6) is 1.24. The number of amides is 1. The Kier molecular flexibility index (Phi) is 3.92. The molecule has 0 atom stereocenters. The summed E-state index contributed by atoms with van der Waals surface area (Å²) < 4.78 is 5.52. The van der Waals surface area contributed by atoms with E-state index >= 15 is 0 Å². The molecule has 0 bridgehead atoms. The summed E-state index contributed by atoms with van der Waals surface area (Å²) in [7, 11) is 0. The molecule has 2 heterocycles. The molecule has 1 amide bonds. The van der Waals surface area contributed by atoms with Gasteiger partial charge in [-0.3, -0.25) is 4.79 Å². The van der Waals surface area contributed by atoms with Crippen molar-refractivity contribution in [2.75, 3.05) is 19.7 Å². The molecule has 0 spiro atoms. The number of rotatable bonds is 3. The Morgan fingerprint density at radius 1 is 1.40 bits per heavy atom. The molecule has 1 aromatic rings. The predicted molar refractivity (Wildman–Crippen MR) is 77.8 cm³/mol. The van der Waals surface area contributed by atoms with Gasteiger partial charge in [-0.25, -0.2) is 0 Å². The number of ether oxygens (including phenoxy) is 1. The zero-order valence-electron chi connectivity index (χ0n) is 12.0. The molecule has 0 radical (unpaired) electrons. The van der Waals surface area contributed by atoms with Crippen molar-refractivity contribution < 1.29 is 9.53 Å². The molecule has 20 heavy (non-hydrogen) atoms. The van der Waals surface area contributed by atoms with E-state index in [2.05, 4.69) is 23.5 Å². The molecular weight excluding hydrogens is 252 g/mol. The second-order valence-electron chi connectivity index (χ2n) is 5.70. The minimum atomic E-state index is 0.196. The summed E-state index contributed by atoms with van der Waals surface area (Å²) in [6, 6.07) is 7.00. The maximum absolute atomic E-state index is 11.3. The number of benzene rings is 1. The average Bonchev–Trinajstić information content (AvgIpc) is 2.93. The smallest absolute Gasteiger partial charge is 0.219 e. The van der Waals surface area contributed by atoms with Gasteiger partial charge in [-0.05, 0) is 30.0 Å². The highest BCUT2D eigenvalue weighted by atomic mass is 16.5. The number of hydrogen-bond donors (Lipinski definition) is 1. The molecule has 0 saturated carbocycles. The normalized spacial score (nSPS) is 18.8. The van der Waals surface area contributed by atoms with Gasteiger partial charge in [0.05, 0.1) is 6.61 Å². The number of likely N-dealkylation sites (tertiary alicyclic amines) is 1. The quantitative estimate of drug-likeness (QED) is 0.912. The second-order valence-corrected chi connectivity index (χ2v) is 5.70. The first-order valence-corrected chi connectivity index (χ1v) is 7.46. The lowest BCUT2D eigenvalue weighted by molar-refractivity contribution is -0.129. The highest BCUT2D eigenvalue weighted by Gasteiger charge is 2.20. The number of nitrogens with zero attached hydrogens (tertiary/aromatic N) is 1. The van der Waals surface area contributed by atoms with Crippen LogP contribution in [0.25, 0.3) is 0 Å². The number of piperidine rings is 1. The molecule has 2 aliphatic rings. The van der Waals surface area contributed by atoms with Crippen LogP contribution in [-0.2, 0) is 17.8 Å². The van der Waals surface area contributed by atoms with E-state index in [1.54, 1.807) is 6.92 Å². The Morgan fingerprint density at radius 2 is 2.20 bits per heavy atom. The van der Waals surface area contributed by atoms with E-state index < -0.39 is 0 Å². The van der Waals surface area contributed by atoms with Crippen molar-refractivity contribution in [2.45, 2.75) is 38.8 Å². The number of hydrogen-bond acceptors (Lipinski definition) is 3. The van der Waals surface area contributed by atoms with Gasteiger partial charge in [-0.2, -0.15) is 0 Å². The van der Waals surface area contributed by atoms with E-state index in [1.807, 2.05) is 4.90 Å². The Bertz CT molecular complexity index is 493. The lowest BCUT2D eigenvalue weighted by Crippen LogP contribution is -2.43. The fourth-order valence-electron chi connectivity index (χ4n) is 3.01. The zero-order valence-corrected chi connectivity index (χ0v) is 12.0. The molecule has 4 nitrogen and oxygen atoms in total. The van der Waals surface area contributed by atoms with Crippen LogP contribution in [0, 0.1) is 0 Å². The van der Waals surface area contributed by atoms with E-state index in [0.717, 1.165) is 51.3 Å². The van der Waals surface area contributed by atoms with Crippen molar-refractivity contribution in [3.63, 3.8) is 0 Å². The van der Waals surface area contributed by atoms with Crippen LogP contribution in [0.15, 0.2) is 18.2 Å². The molecule has 108 valence electrons. The van der Waals surface area contributed by atoms with E-state index in [9.17, 15) is 4.79 Å². The third-order valence-electron chi connectivity index (χ3n) is 4.29. The van der Waals surface area contributed by atoms with Crippen molar-refractivity contribution in [3.8, 4) is 5.75 Å². The minimum Gasteiger partial charge on any atom is -0.493 e. The van der Waals surface area contributed by atoms with Gasteiger partial charge in [0.2, 0.25) is 5.91 Å². The molecule has 1 aromatic carbocycles. The van der Waals surface area contributed by atoms with E-state index in [4.69, 9.17) is 4.74 Å². The van der Waals surface area contributed by atoms with Crippen LogP contribution in [0.1, 0.15) is 30.9 Å². The molecule has 0 aliphatic carbocycles. The largest absolute Gasteiger partial charge is 0.493 e. The highest BCUT2D eigenvalue weighted by molar-refractivity contribution is 5.73. The van der Waals surface area contributed by atoms with Crippen LogP contribution in [0.4, 0.5) is 0 Å². The second kappa shape index (κ2) is 5.83. The number of nitrogens with one attached hydrogen (secondary N) is 1. The van der Waals surface area contributed by atoms with Crippen LogP contribution in [0.5, 0.6) is 5.75 Å². The van der Waals surface area contributed by atoms with Crippen molar-refractivity contribution in [2.24, 2.45) is 0 Å². The SMILES string of the molecule is CC(=O)N1CCC(NCc2ccc3c(c2)CCO3)CC1. The molecule has 3 rings (SSSR count). The first kappa shape index (κ1) is 13.4. The van der Waals surface area contributed by atoms with Crippen molar-refractivity contribution in [1.82, 2.24) is 10.2 Å². The Balaban J connectivity index is 1.49. The van der Waals surface area contributed by atoms with Gasteiger partial charge in [0, 0.05) is 39.0 Å². The summed E-state index contributed by atoms with van der Waals surface area (Å²) in [6.45, 7) is 5.13. The maximum Gasteiger partial charge on any atom is 0.219 e. The summed E-state index contributed by atoms with van der Waals surface area (Å²) in [4.78, 5) is 13.2. The van der Waals surface area contributed by atoms with Crippen LogP contribution in [-0.4, -0.2) is 36.5 Å². The topological polar surface area (TPSA) is 41.6 Å². The molecular formula is C16H22N2O2. The molecule has 0 unspecified atom stereocenters. The zero-order chi connectivity index (χ0) is 13.9. The highest BCUT2D eigenvalue weighted by Crippen LogP contribution is 2.25. The molecule has 1 fully saturated rings. The summed E-state index contributed by atoms with van der Waals surface area (Å²) in [5.41, 5.74) is 2.65. The Labute approximate surface area is 120 Å². The molecule has 4 heteroatoms. The molecule has 1 N–H and O–H groups in total. The van der Waals surface area contributed by atoms with Crippen molar-refractivity contribution in [3.05, 3.63) is 29.3 Å². The lowest BCUT2D eigenvalue weighted by atomic mass is 10.0. The fourth-order valence-corrected chi connectivity index (χ4v) is 3.01. The summed E-state index contributed by atoms with van der Waals surface area (Å²) in [6.07, 6.45) is 3.13. The minimum absolute atomic E-state index is 0.196. The van der Waals surface area contributed by atoms with Crippen molar-refractivity contribution in [1.29, 1.82) is 0 Å².